The van der Waals surface area contributed by atoms with E-state index in [9.17, 15) is 0 Å². The maximum Gasteiger partial charge on any atom is 0.188 e. The number of rotatable bonds is 5. The van der Waals surface area contributed by atoms with Crippen LogP contribution < -0.4 is 16.4 Å². The van der Waals surface area contributed by atoms with Gasteiger partial charge >= 0.3 is 0 Å². The average molecular weight is 425 g/mol. The van der Waals surface area contributed by atoms with Gasteiger partial charge in [0.15, 0.2) is 5.13 Å². The number of fused-ring (bicyclic) bond motifs is 1. The SMILES string of the molecule is CN/C(=C(/Br)C[NH3+])c1cccc(Nc2nc3cc(Cl)ccc3s2)c1. The summed E-state index contributed by atoms with van der Waals surface area (Å²) in [6, 6.07) is 13.9. The molecule has 0 aliphatic heterocycles. The summed E-state index contributed by atoms with van der Waals surface area (Å²) < 4.78 is 2.14. The summed E-state index contributed by atoms with van der Waals surface area (Å²) in [6.45, 7) is 0.687. The molecule has 1 aromatic heterocycles. The highest BCUT2D eigenvalue weighted by Crippen LogP contribution is 2.31. The molecule has 0 bridgehead atoms. The number of nitrogens with zero attached hydrogens (tertiary/aromatic N) is 1. The molecule has 0 saturated carbocycles. The van der Waals surface area contributed by atoms with Crippen molar-refractivity contribution in [3.05, 3.63) is 57.5 Å². The normalized spacial score (nSPS) is 12.2. The lowest BCUT2D eigenvalue weighted by molar-refractivity contribution is -0.353. The molecule has 2 aromatic carbocycles. The topological polar surface area (TPSA) is 64.6 Å². The number of benzene rings is 2. The van der Waals surface area contributed by atoms with E-state index in [4.69, 9.17) is 11.6 Å². The number of thiazole rings is 1. The number of hydrogen-bond donors (Lipinski definition) is 3. The monoisotopic (exact) mass is 423 g/mol. The lowest BCUT2D eigenvalue weighted by atomic mass is 10.1. The second-order valence-corrected chi connectivity index (χ2v) is 7.54. The van der Waals surface area contributed by atoms with Crippen LogP contribution in [-0.2, 0) is 0 Å². The average Bonchev–Trinajstić information content (AvgIpc) is 2.97. The fourth-order valence-corrected chi connectivity index (χ4v) is 3.85. The van der Waals surface area contributed by atoms with Gasteiger partial charge in [-0.15, -0.1) is 0 Å². The van der Waals surface area contributed by atoms with E-state index in [2.05, 4.69) is 49.4 Å². The highest BCUT2D eigenvalue weighted by molar-refractivity contribution is 9.11. The van der Waals surface area contributed by atoms with Crippen LogP contribution >= 0.6 is 38.9 Å². The van der Waals surface area contributed by atoms with Crippen LogP contribution in [0.2, 0.25) is 5.02 Å². The Balaban J connectivity index is 1.91. The summed E-state index contributed by atoms with van der Waals surface area (Å²) in [5.41, 5.74) is 7.93. The summed E-state index contributed by atoms with van der Waals surface area (Å²) >= 11 is 11.2. The standard InChI is InChI=1S/C17H16BrClN4S/c1-21-16(13(18)9-20)10-3-2-4-12(7-10)22-17-23-14-8-11(19)5-6-15(14)24-17/h2-8,21H,9,20H2,1H3,(H,22,23)/p+1/b16-13+. The first kappa shape index (κ1) is 17.2. The van der Waals surface area contributed by atoms with Crippen LogP contribution in [0.15, 0.2) is 46.9 Å². The molecular formula is C17H17BrClN4S+. The maximum atomic E-state index is 6.03. The number of anilines is 2. The van der Waals surface area contributed by atoms with E-state index in [-0.39, 0.29) is 0 Å². The van der Waals surface area contributed by atoms with Crippen molar-refractivity contribution in [2.24, 2.45) is 0 Å². The van der Waals surface area contributed by atoms with E-state index in [0.717, 1.165) is 36.8 Å². The molecule has 0 amide bonds. The van der Waals surface area contributed by atoms with E-state index >= 15 is 0 Å². The first-order chi connectivity index (χ1) is 11.6. The lowest BCUT2D eigenvalue weighted by Gasteiger charge is -2.11. The van der Waals surface area contributed by atoms with Crippen molar-refractivity contribution in [3.63, 3.8) is 0 Å². The van der Waals surface area contributed by atoms with Crippen LogP contribution in [0.3, 0.4) is 0 Å². The van der Waals surface area contributed by atoms with E-state index < -0.39 is 0 Å². The smallest absolute Gasteiger partial charge is 0.188 e. The van der Waals surface area contributed by atoms with Gasteiger partial charge in [-0.2, -0.15) is 0 Å². The van der Waals surface area contributed by atoms with Gasteiger partial charge in [-0.1, -0.05) is 35.1 Å². The van der Waals surface area contributed by atoms with Gasteiger partial charge in [0.1, 0.15) is 6.54 Å². The molecule has 1 heterocycles. The molecule has 3 rings (SSSR count). The van der Waals surface area contributed by atoms with Gasteiger partial charge in [0.05, 0.1) is 20.4 Å². The lowest BCUT2D eigenvalue weighted by Crippen LogP contribution is -2.50. The summed E-state index contributed by atoms with van der Waals surface area (Å²) in [4.78, 5) is 4.59. The minimum absolute atomic E-state index is 0.687. The van der Waals surface area contributed by atoms with Crippen molar-refractivity contribution in [2.45, 2.75) is 0 Å². The fraction of sp³-hybridized carbons (Fsp3) is 0.118. The summed E-state index contributed by atoms with van der Waals surface area (Å²) in [6.07, 6.45) is 0. The minimum atomic E-state index is 0.687. The molecule has 24 heavy (non-hydrogen) atoms. The van der Waals surface area contributed by atoms with Crippen molar-refractivity contribution in [1.82, 2.24) is 10.3 Å². The summed E-state index contributed by atoms with van der Waals surface area (Å²) in [5, 5.41) is 8.14. The summed E-state index contributed by atoms with van der Waals surface area (Å²) in [7, 11) is 1.91. The third kappa shape index (κ3) is 3.72. The molecule has 0 radical (unpaired) electrons. The van der Waals surface area contributed by atoms with Gasteiger partial charge in [0, 0.05) is 23.3 Å². The number of aromatic nitrogens is 1. The number of halogens is 2. The molecule has 124 valence electrons. The zero-order valence-electron chi connectivity index (χ0n) is 13.1. The first-order valence-electron chi connectivity index (χ1n) is 7.40. The largest absolute Gasteiger partial charge is 0.387 e. The van der Waals surface area contributed by atoms with Crippen molar-refractivity contribution in [1.29, 1.82) is 0 Å². The molecule has 0 aliphatic rings. The molecule has 0 spiro atoms. The van der Waals surface area contributed by atoms with Gasteiger partial charge in [0.25, 0.3) is 0 Å². The van der Waals surface area contributed by atoms with E-state index in [1.807, 2.05) is 37.4 Å². The Hall–Kier alpha value is -1.60. The van der Waals surface area contributed by atoms with Crippen molar-refractivity contribution < 1.29 is 5.73 Å². The predicted octanol–water partition coefficient (Wildman–Crippen LogP) is 4.22. The number of nitrogens with one attached hydrogen (secondary N) is 2. The fourth-order valence-electron chi connectivity index (χ4n) is 2.39. The zero-order chi connectivity index (χ0) is 17.1. The van der Waals surface area contributed by atoms with Crippen LogP contribution in [0.1, 0.15) is 5.56 Å². The molecule has 7 heteroatoms. The van der Waals surface area contributed by atoms with E-state index in [1.165, 1.54) is 0 Å². The van der Waals surface area contributed by atoms with Gasteiger partial charge < -0.3 is 16.4 Å². The van der Waals surface area contributed by atoms with E-state index in [0.29, 0.717) is 11.6 Å². The van der Waals surface area contributed by atoms with Crippen LogP contribution in [-0.4, -0.2) is 18.6 Å². The van der Waals surface area contributed by atoms with Crippen LogP contribution in [0.4, 0.5) is 10.8 Å². The number of quaternary nitrogens is 1. The van der Waals surface area contributed by atoms with Crippen LogP contribution in [0, 0.1) is 0 Å². The molecule has 5 N–H and O–H groups in total. The van der Waals surface area contributed by atoms with Crippen LogP contribution in [0.5, 0.6) is 0 Å². The number of hydrogen-bond acceptors (Lipinski definition) is 4. The minimum Gasteiger partial charge on any atom is -0.387 e. The second-order valence-electron chi connectivity index (χ2n) is 5.12. The summed E-state index contributed by atoms with van der Waals surface area (Å²) in [5.74, 6) is 0. The molecular weight excluding hydrogens is 408 g/mol. The predicted molar refractivity (Wildman–Crippen MR) is 107 cm³/mol. The van der Waals surface area contributed by atoms with Gasteiger partial charge in [-0.3, -0.25) is 0 Å². The van der Waals surface area contributed by atoms with Crippen LogP contribution in [0.25, 0.3) is 15.9 Å². The maximum absolute atomic E-state index is 6.03. The van der Waals surface area contributed by atoms with Gasteiger partial charge in [-0.25, -0.2) is 4.98 Å². The van der Waals surface area contributed by atoms with Crippen molar-refractivity contribution in [3.8, 4) is 0 Å². The van der Waals surface area contributed by atoms with Crippen molar-refractivity contribution >= 4 is 65.6 Å². The molecule has 0 atom stereocenters. The molecule has 0 fully saturated rings. The Morgan fingerprint density at radius 2 is 2.12 bits per heavy atom. The Morgan fingerprint density at radius 1 is 1.29 bits per heavy atom. The molecule has 0 unspecified atom stereocenters. The Bertz CT molecular complexity index is 906. The molecule has 0 saturated heterocycles. The molecule has 0 aliphatic carbocycles. The molecule has 3 aromatic rings. The quantitative estimate of drug-likeness (QED) is 0.574. The second kappa shape index (κ2) is 7.53. The highest BCUT2D eigenvalue weighted by Gasteiger charge is 2.08. The van der Waals surface area contributed by atoms with Gasteiger partial charge in [0.2, 0.25) is 0 Å². The third-order valence-electron chi connectivity index (χ3n) is 3.49. The Labute approximate surface area is 157 Å². The van der Waals surface area contributed by atoms with E-state index in [1.54, 1.807) is 11.3 Å². The van der Waals surface area contributed by atoms with Crippen molar-refractivity contribution in [2.75, 3.05) is 18.9 Å². The first-order valence-corrected chi connectivity index (χ1v) is 9.38. The third-order valence-corrected chi connectivity index (χ3v) is 5.47. The molecule has 4 nitrogen and oxygen atoms in total. The highest BCUT2D eigenvalue weighted by atomic mass is 79.9. The zero-order valence-corrected chi connectivity index (χ0v) is 16.2. The Morgan fingerprint density at radius 3 is 2.88 bits per heavy atom. The Kier molecular flexibility index (Phi) is 5.40. The van der Waals surface area contributed by atoms with Gasteiger partial charge in [-0.05, 0) is 46.3 Å².